The Morgan fingerprint density at radius 2 is 1.79 bits per heavy atom. The van der Waals surface area contributed by atoms with Gasteiger partial charge in [0.05, 0.1) is 0 Å². The molecule has 1 N–H and O–H groups in total. The first kappa shape index (κ1) is 26.1. The van der Waals surface area contributed by atoms with Crippen molar-refractivity contribution in [3.05, 3.63) is 65.6 Å². The number of hydrogen-bond acceptors (Lipinski definition) is 3. The summed E-state index contributed by atoms with van der Waals surface area (Å²) in [5.41, 5.74) is 3.50. The maximum atomic E-state index is 13.5. The number of likely N-dealkylation sites (N-methyl/N-ethyl adjacent to an activating group) is 1. The van der Waals surface area contributed by atoms with Crippen molar-refractivity contribution in [3.8, 4) is 16.9 Å². The number of halogens is 1. The van der Waals surface area contributed by atoms with Gasteiger partial charge in [-0.2, -0.15) is 0 Å². The molecule has 0 aliphatic rings. The zero-order chi connectivity index (χ0) is 24.2. The molecule has 0 fully saturated rings. The SMILES string of the molecule is CC/C=C/NC(=NCCC)c1cc(-c2ccc(F)cc2)cc(OCC(=O)N(CC)CC)c1C. The minimum atomic E-state index is -0.288. The molecule has 0 spiro atoms. The fourth-order valence-corrected chi connectivity index (χ4v) is 3.39. The second kappa shape index (κ2) is 13.4. The minimum Gasteiger partial charge on any atom is -0.483 e. The molecule has 0 aliphatic heterocycles. The first-order chi connectivity index (χ1) is 15.9. The van der Waals surface area contributed by atoms with Crippen LogP contribution < -0.4 is 10.1 Å². The van der Waals surface area contributed by atoms with Crippen LogP contribution >= 0.6 is 0 Å². The molecule has 0 radical (unpaired) electrons. The fraction of sp³-hybridized carbons (Fsp3) is 0.407. The van der Waals surface area contributed by atoms with Crippen LogP contribution in [0.1, 0.15) is 51.7 Å². The van der Waals surface area contributed by atoms with Crippen LogP contribution in [0.4, 0.5) is 4.39 Å². The van der Waals surface area contributed by atoms with Crippen LogP contribution in [0.3, 0.4) is 0 Å². The van der Waals surface area contributed by atoms with Gasteiger partial charge in [-0.1, -0.05) is 32.1 Å². The standard InChI is InChI=1S/C27H36FN3O2/c1-6-10-16-30-27(29-15-7-2)24-17-22(21-11-13-23(28)14-12-21)18-25(20(24)5)33-19-26(32)31(8-3)9-4/h10-14,16-18H,6-9,15,19H2,1-5H3,(H,29,30)/b16-10+. The summed E-state index contributed by atoms with van der Waals surface area (Å²) in [6.45, 7) is 11.9. The van der Waals surface area contributed by atoms with Gasteiger partial charge in [-0.3, -0.25) is 9.79 Å². The number of ether oxygens (including phenoxy) is 1. The predicted molar refractivity (Wildman–Crippen MR) is 134 cm³/mol. The van der Waals surface area contributed by atoms with E-state index in [0.29, 0.717) is 25.4 Å². The lowest BCUT2D eigenvalue weighted by Gasteiger charge is -2.20. The molecule has 0 bridgehead atoms. The summed E-state index contributed by atoms with van der Waals surface area (Å²) in [6.07, 6.45) is 5.75. The van der Waals surface area contributed by atoms with Gasteiger partial charge >= 0.3 is 0 Å². The Morgan fingerprint density at radius 1 is 1.09 bits per heavy atom. The number of benzene rings is 2. The van der Waals surface area contributed by atoms with Crippen molar-refractivity contribution in [1.82, 2.24) is 10.2 Å². The Morgan fingerprint density at radius 3 is 2.39 bits per heavy atom. The largest absolute Gasteiger partial charge is 0.483 e. The molecule has 2 aromatic rings. The molecule has 33 heavy (non-hydrogen) atoms. The number of nitrogens with zero attached hydrogens (tertiary/aromatic N) is 2. The van der Waals surface area contributed by atoms with Gasteiger partial charge in [-0.15, -0.1) is 0 Å². The summed E-state index contributed by atoms with van der Waals surface area (Å²) in [7, 11) is 0. The second-order valence-corrected chi connectivity index (χ2v) is 7.69. The normalized spacial score (nSPS) is 11.6. The number of allylic oxidation sites excluding steroid dienone is 1. The number of aliphatic imine (C=N–C) groups is 1. The van der Waals surface area contributed by atoms with E-state index in [2.05, 4.69) is 19.2 Å². The highest BCUT2D eigenvalue weighted by Crippen LogP contribution is 2.31. The highest BCUT2D eigenvalue weighted by Gasteiger charge is 2.17. The number of carbonyl (C=O) groups excluding carboxylic acids is 1. The molecule has 0 atom stereocenters. The molecule has 0 saturated heterocycles. The summed E-state index contributed by atoms with van der Waals surface area (Å²) in [4.78, 5) is 19.0. The number of nitrogens with one attached hydrogen (secondary N) is 1. The van der Waals surface area contributed by atoms with E-state index >= 15 is 0 Å². The average molecular weight is 454 g/mol. The molecule has 2 aromatic carbocycles. The fourth-order valence-electron chi connectivity index (χ4n) is 3.39. The van der Waals surface area contributed by atoms with Crippen molar-refractivity contribution < 1.29 is 13.9 Å². The van der Waals surface area contributed by atoms with Gasteiger partial charge in [-0.25, -0.2) is 4.39 Å². The molecule has 0 unspecified atom stereocenters. The van der Waals surface area contributed by atoms with Crippen LogP contribution in [-0.2, 0) is 4.79 Å². The number of amides is 1. The Balaban J connectivity index is 2.53. The summed E-state index contributed by atoms with van der Waals surface area (Å²) in [5, 5.41) is 3.31. The monoisotopic (exact) mass is 453 g/mol. The molecule has 178 valence electrons. The molecule has 0 aromatic heterocycles. The second-order valence-electron chi connectivity index (χ2n) is 7.69. The van der Waals surface area contributed by atoms with Crippen molar-refractivity contribution in [3.63, 3.8) is 0 Å². The number of rotatable bonds is 11. The van der Waals surface area contributed by atoms with Gasteiger partial charge in [0.25, 0.3) is 5.91 Å². The summed E-state index contributed by atoms with van der Waals surface area (Å²) >= 11 is 0. The van der Waals surface area contributed by atoms with E-state index in [9.17, 15) is 9.18 Å². The Bertz CT molecular complexity index is 964. The summed E-state index contributed by atoms with van der Waals surface area (Å²) < 4.78 is 19.5. The van der Waals surface area contributed by atoms with Crippen LogP contribution in [0.5, 0.6) is 5.75 Å². The molecular weight excluding hydrogens is 417 g/mol. The molecule has 0 saturated carbocycles. The molecule has 0 aliphatic carbocycles. The van der Waals surface area contributed by atoms with Crippen molar-refractivity contribution >= 4 is 11.7 Å². The third-order valence-corrected chi connectivity index (χ3v) is 5.33. The van der Waals surface area contributed by atoms with E-state index in [4.69, 9.17) is 9.73 Å². The zero-order valence-electron chi connectivity index (χ0n) is 20.5. The zero-order valence-corrected chi connectivity index (χ0v) is 20.5. The van der Waals surface area contributed by atoms with E-state index < -0.39 is 0 Å². The van der Waals surface area contributed by atoms with Gasteiger partial charge in [-0.05, 0) is 75.2 Å². The van der Waals surface area contributed by atoms with Crippen molar-refractivity contribution in [2.24, 2.45) is 4.99 Å². The van der Waals surface area contributed by atoms with Crippen molar-refractivity contribution in [2.45, 2.75) is 47.5 Å². The number of carbonyl (C=O) groups is 1. The number of amidine groups is 1. The molecule has 2 rings (SSSR count). The van der Waals surface area contributed by atoms with Gasteiger partial charge < -0.3 is 15.0 Å². The molecule has 5 nitrogen and oxygen atoms in total. The maximum absolute atomic E-state index is 13.5. The Hall–Kier alpha value is -3.15. The maximum Gasteiger partial charge on any atom is 0.260 e. The van der Waals surface area contributed by atoms with E-state index in [1.807, 2.05) is 45.2 Å². The molecule has 6 heteroatoms. The number of hydrogen-bond donors (Lipinski definition) is 1. The first-order valence-electron chi connectivity index (χ1n) is 11.7. The average Bonchev–Trinajstić information content (AvgIpc) is 2.82. The molecular formula is C27H36FN3O2. The smallest absolute Gasteiger partial charge is 0.260 e. The van der Waals surface area contributed by atoms with Gasteiger partial charge in [0.15, 0.2) is 6.61 Å². The lowest BCUT2D eigenvalue weighted by atomic mass is 9.97. The summed E-state index contributed by atoms with van der Waals surface area (Å²) in [6, 6.07) is 10.3. The van der Waals surface area contributed by atoms with E-state index in [-0.39, 0.29) is 18.3 Å². The van der Waals surface area contributed by atoms with E-state index in [1.165, 1.54) is 12.1 Å². The van der Waals surface area contributed by atoms with E-state index in [0.717, 1.165) is 40.9 Å². The highest BCUT2D eigenvalue weighted by molar-refractivity contribution is 6.02. The van der Waals surface area contributed by atoms with Gasteiger partial charge in [0, 0.05) is 30.8 Å². The van der Waals surface area contributed by atoms with Crippen LogP contribution in [0.25, 0.3) is 11.1 Å². The Labute approximate surface area is 197 Å². The van der Waals surface area contributed by atoms with Crippen molar-refractivity contribution in [2.75, 3.05) is 26.2 Å². The highest BCUT2D eigenvalue weighted by atomic mass is 19.1. The van der Waals surface area contributed by atoms with Gasteiger partial charge in [0.1, 0.15) is 17.4 Å². The van der Waals surface area contributed by atoms with Crippen molar-refractivity contribution in [1.29, 1.82) is 0 Å². The Kier molecular flexibility index (Phi) is 10.6. The predicted octanol–water partition coefficient (Wildman–Crippen LogP) is 5.72. The topological polar surface area (TPSA) is 53.9 Å². The quantitative estimate of drug-likeness (QED) is 0.350. The third-order valence-electron chi connectivity index (χ3n) is 5.33. The molecule has 1 amide bonds. The van der Waals surface area contributed by atoms with E-state index in [1.54, 1.807) is 17.0 Å². The van der Waals surface area contributed by atoms with Crippen LogP contribution in [0.2, 0.25) is 0 Å². The minimum absolute atomic E-state index is 0.0422. The lowest BCUT2D eigenvalue weighted by molar-refractivity contribution is -0.132. The van der Waals surface area contributed by atoms with Crippen LogP contribution in [-0.4, -0.2) is 42.9 Å². The van der Waals surface area contributed by atoms with Crippen LogP contribution in [0.15, 0.2) is 53.7 Å². The summed E-state index contributed by atoms with van der Waals surface area (Å²) in [5.74, 6) is 1.00. The lowest BCUT2D eigenvalue weighted by Crippen LogP contribution is -2.34. The van der Waals surface area contributed by atoms with Gasteiger partial charge in [0.2, 0.25) is 0 Å². The third kappa shape index (κ3) is 7.45. The molecule has 0 heterocycles. The first-order valence-corrected chi connectivity index (χ1v) is 11.7. The van der Waals surface area contributed by atoms with Crippen LogP contribution in [0, 0.1) is 12.7 Å².